The van der Waals surface area contributed by atoms with E-state index >= 15 is 0 Å². The molecule has 14 heavy (non-hydrogen) atoms. The number of hydrogen-bond donors (Lipinski definition) is 0. The van der Waals surface area contributed by atoms with Crippen molar-refractivity contribution in [1.82, 2.24) is 4.98 Å². The summed E-state index contributed by atoms with van der Waals surface area (Å²) in [5.41, 5.74) is 0.683. The molecule has 0 fully saturated rings. The topological polar surface area (TPSA) is 39.2 Å². The number of carbonyl (C=O) groups excluding carboxylic acids is 1. The van der Waals surface area contributed by atoms with E-state index in [4.69, 9.17) is 4.74 Å². The Morgan fingerprint density at radius 2 is 2.29 bits per heavy atom. The van der Waals surface area contributed by atoms with Crippen molar-refractivity contribution in [3.05, 3.63) is 23.5 Å². The summed E-state index contributed by atoms with van der Waals surface area (Å²) in [5, 5.41) is 0. The second kappa shape index (κ2) is 4.64. The number of halogens is 2. The van der Waals surface area contributed by atoms with Crippen LogP contribution in [0.3, 0.4) is 0 Å². The van der Waals surface area contributed by atoms with Crippen LogP contribution in [-0.2, 0) is 0 Å². The van der Waals surface area contributed by atoms with Gasteiger partial charge in [0.05, 0.1) is 0 Å². The van der Waals surface area contributed by atoms with Crippen molar-refractivity contribution in [2.45, 2.75) is 13.3 Å². The summed E-state index contributed by atoms with van der Waals surface area (Å²) >= 11 is 0. The molecular weight excluding hydrogens is 192 g/mol. The average molecular weight is 201 g/mol. The van der Waals surface area contributed by atoms with Gasteiger partial charge in [0.2, 0.25) is 0 Å². The Balaban J connectivity index is 2.80. The lowest BCUT2D eigenvalue weighted by molar-refractivity contribution is 0.0806. The Morgan fingerprint density at radius 3 is 2.86 bits per heavy atom. The highest BCUT2D eigenvalue weighted by Gasteiger charge is 2.08. The maximum atomic E-state index is 11.8. The third kappa shape index (κ3) is 2.76. The highest BCUT2D eigenvalue weighted by molar-refractivity contribution is 5.76. The van der Waals surface area contributed by atoms with Crippen LogP contribution < -0.4 is 4.74 Å². The van der Waals surface area contributed by atoms with Gasteiger partial charge in [-0.1, -0.05) is 0 Å². The number of rotatable bonds is 4. The highest BCUT2D eigenvalue weighted by Crippen LogP contribution is 2.15. The minimum absolute atomic E-state index is 0.0469. The smallest absolute Gasteiger partial charge is 0.272 e. The molecule has 0 aromatic carbocycles. The van der Waals surface area contributed by atoms with Crippen LogP contribution in [0.5, 0.6) is 5.75 Å². The van der Waals surface area contributed by atoms with Gasteiger partial charge in [-0.05, 0) is 19.1 Å². The first kappa shape index (κ1) is 10.6. The van der Waals surface area contributed by atoms with E-state index in [0.29, 0.717) is 12.0 Å². The normalized spacial score (nSPS) is 10.3. The minimum Gasteiger partial charge on any atom is -0.485 e. The van der Waals surface area contributed by atoms with Gasteiger partial charge in [-0.3, -0.25) is 4.79 Å². The number of aryl methyl sites for hydroxylation is 1. The van der Waals surface area contributed by atoms with Crippen LogP contribution in [0, 0.1) is 6.92 Å². The maximum absolute atomic E-state index is 11.8. The minimum atomic E-state index is -2.56. The van der Waals surface area contributed by atoms with Gasteiger partial charge in [0.15, 0.2) is 6.29 Å². The molecular formula is C9H9F2NO2. The molecule has 0 spiro atoms. The fraction of sp³-hybridized carbons (Fsp3) is 0.333. The lowest BCUT2D eigenvalue weighted by Gasteiger charge is -2.07. The Morgan fingerprint density at radius 1 is 1.57 bits per heavy atom. The van der Waals surface area contributed by atoms with Gasteiger partial charge in [0.25, 0.3) is 6.43 Å². The predicted octanol–water partition coefficient (Wildman–Crippen LogP) is 1.85. The SMILES string of the molecule is Cc1ccc(OCC(F)F)c(C=O)n1. The second-order valence-electron chi connectivity index (χ2n) is 2.66. The molecule has 0 aliphatic heterocycles. The molecule has 0 saturated carbocycles. The van der Waals surface area contributed by atoms with Gasteiger partial charge < -0.3 is 4.74 Å². The maximum Gasteiger partial charge on any atom is 0.272 e. The van der Waals surface area contributed by atoms with Crippen molar-refractivity contribution in [3.8, 4) is 5.75 Å². The van der Waals surface area contributed by atoms with E-state index in [9.17, 15) is 13.6 Å². The van der Waals surface area contributed by atoms with Crippen LogP contribution in [-0.4, -0.2) is 24.3 Å². The van der Waals surface area contributed by atoms with Crippen molar-refractivity contribution in [2.75, 3.05) is 6.61 Å². The Hall–Kier alpha value is -1.52. The van der Waals surface area contributed by atoms with Gasteiger partial charge >= 0.3 is 0 Å². The Bertz CT molecular complexity index is 329. The summed E-state index contributed by atoms with van der Waals surface area (Å²) in [6, 6.07) is 3.04. The average Bonchev–Trinajstić information content (AvgIpc) is 2.15. The largest absolute Gasteiger partial charge is 0.485 e. The lowest BCUT2D eigenvalue weighted by Crippen LogP contribution is -2.09. The first-order chi connectivity index (χ1) is 6.63. The summed E-state index contributed by atoms with van der Waals surface area (Å²) in [5.74, 6) is 0.0888. The van der Waals surface area contributed by atoms with E-state index in [1.54, 1.807) is 13.0 Å². The van der Waals surface area contributed by atoms with Crippen molar-refractivity contribution < 1.29 is 18.3 Å². The summed E-state index contributed by atoms with van der Waals surface area (Å²) in [6.07, 6.45) is -2.08. The van der Waals surface area contributed by atoms with Crippen LogP contribution in [0.25, 0.3) is 0 Å². The van der Waals surface area contributed by atoms with Gasteiger partial charge in [0.1, 0.15) is 18.1 Å². The quantitative estimate of drug-likeness (QED) is 0.698. The molecule has 3 nitrogen and oxygen atoms in total. The molecule has 5 heteroatoms. The summed E-state index contributed by atoms with van der Waals surface area (Å²) in [7, 11) is 0. The molecule has 0 aliphatic carbocycles. The van der Waals surface area contributed by atoms with E-state index < -0.39 is 13.0 Å². The fourth-order valence-electron chi connectivity index (χ4n) is 0.923. The molecule has 0 atom stereocenters. The zero-order valence-corrected chi connectivity index (χ0v) is 7.54. The van der Waals surface area contributed by atoms with Crippen LogP contribution in [0.1, 0.15) is 16.2 Å². The molecule has 1 aromatic heterocycles. The zero-order valence-electron chi connectivity index (χ0n) is 7.54. The molecule has 0 saturated heterocycles. The van der Waals surface area contributed by atoms with Crippen LogP contribution in [0.4, 0.5) is 8.78 Å². The standard InChI is InChI=1S/C9H9F2NO2/c1-6-2-3-8(7(4-13)12-6)14-5-9(10)11/h2-4,9H,5H2,1H3. The van der Waals surface area contributed by atoms with E-state index in [2.05, 4.69) is 4.98 Å². The monoisotopic (exact) mass is 201 g/mol. The number of alkyl halides is 2. The number of carbonyl (C=O) groups is 1. The second-order valence-corrected chi connectivity index (χ2v) is 2.66. The van der Waals surface area contributed by atoms with Crippen LogP contribution in [0.2, 0.25) is 0 Å². The van der Waals surface area contributed by atoms with E-state index in [0.717, 1.165) is 0 Å². The number of hydrogen-bond acceptors (Lipinski definition) is 3. The molecule has 0 bridgehead atoms. The number of aldehydes is 1. The fourth-order valence-corrected chi connectivity index (χ4v) is 0.923. The first-order valence-electron chi connectivity index (χ1n) is 3.97. The number of aromatic nitrogens is 1. The van der Waals surface area contributed by atoms with Gasteiger partial charge in [-0.15, -0.1) is 0 Å². The number of pyridine rings is 1. The molecule has 0 aliphatic rings. The van der Waals surface area contributed by atoms with E-state index in [1.165, 1.54) is 6.07 Å². The van der Waals surface area contributed by atoms with Crippen molar-refractivity contribution in [2.24, 2.45) is 0 Å². The number of ether oxygens (including phenoxy) is 1. The van der Waals surface area contributed by atoms with Crippen molar-refractivity contribution in [1.29, 1.82) is 0 Å². The first-order valence-corrected chi connectivity index (χ1v) is 3.97. The van der Waals surface area contributed by atoms with Gasteiger partial charge in [-0.25, -0.2) is 13.8 Å². The van der Waals surface area contributed by atoms with Crippen molar-refractivity contribution >= 4 is 6.29 Å². The third-order valence-electron chi connectivity index (χ3n) is 1.50. The Kier molecular flexibility index (Phi) is 3.50. The Labute approximate surface area is 79.7 Å². The lowest BCUT2D eigenvalue weighted by atomic mass is 10.3. The molecule has 0 amide bonds. The molecule has 0 N–H and O–H groups in total. The van der Waals surface area contributed by atoms with Crippen LogP contribution in [0.15, 0.2) is 12.1 Å². The number of nitrogens with zero attached hydrogens (tertiary/aromatic N) is 1. The summed E-state index contributed by atoms with van der Waals surface area (Å²) < 4.78 is 28.3. The summed E-state index contributed by atoms with van der Waals surface area (Å²) in [4.78, 5) is 14.3. The molecule has 1 heterocycles. The molecule has 1 rings (SSSR count). The van der Waals surface area contributed by atoms with Gasteiger partial charge in [-0.2, -0.15) is 0 Å². The van der Waals surface area contributed by atoms with Gasteiger partial charge in [0, 0.05) is 5.69 Å². The van der Waals surface area contributed by atoms with Crippen LogP contribution >= 0.6 is 0 Å². The molecule has 1 aromatic rings. The predicted molar refractivity (Wildman–Crippen MR) is 45.9 cm³/mol. The molecule has 0 unspecified atom stereocenters. The molecule has 76 valence electrons. The molecule has 0 radical (unpaired) electrons. The third-order valence-corrected chi connectivity index (χ3v) is 1.50. The summed E-state index contributed by atoms with van der Waals surface area (Å²) in [6.45, 7) is 0.968. The zero-order chi connectivity index (χ0) is 10.6. The highest BCUT2D eigenvalue weighted by atomic mass is 19.3. The van der Waals surface area contributed by atoms with E-state index in [1.807, 2.05) is 0 Å². The van der Waals surface area contributed by atoms with E-state index in [-0.39, 0.29) is 11.4 Å². The van der Waals surface area contributed by atoms with Crippen molar-refractivity contribution in [3.63, 3.8) is 0 Å².